The van der Waals surface area contributed by atoms with Crippen LogP contribution in [0.1, 0.15) is 55.7 Å². The molecule has 1 aromatic heterocycles. The summed E-state index contributed by atoms with van der Waals surface area (Å²) in [4.78, 5) is 17.4. The Hall–Kier alpha value is -2.37. The first-order valence-electron chi connectivity index (χ1n) is 10.8. The first-order chi connectivity index (χ1) is 14.0. The van der Waals surface area contributed by atoms with Crippen LogP contribution in [0.4, 0.5) is 0 Å². The van der Waals surface area contributed by atoms with Gasteiger partial charge in [0.2, 0.25) is 5.91 Å². The van der Waals surface area contributed by atoms with E-state index in [1.165, 1.54) is 31.2 Å². The molecule has 1 amide bonds. The molecule has 0 unspecified atom stereocenters. The molecule has 2 fully saturated rings. The summed E-state index contributed by atoms with van der Waals surface area (Å²) in [7, 11) is 1.69. The van der Waals surface area contributed by atoms with Crippen LogP contribution < -0.4 is 10.1 Å². The molecular weight excluding hydrogens is 364 g/mol. The lowest BCUT2D eigenvalue weighted by Crippen LogP contribution is -2.60. The molecule has 1 aromatic carbocycles. The third-order valence-corrected chi connectivity index (χ3v) is 6.85. The second-order valence-electron chi connectivity index (χ2n) is 8.73. The predicted octanol–water partition coefficient (Wildman–Crippen LogP) is 3.63. The molecule has 2 aliphatic carbocycles. The Morgan fingerprint density at radius 3 is 2.52 bits per heavy atom. The molecule has 0 aliphatic heterocycles. The number of methoxy groups -OCH3 is 1. The zero-order valence-corrected chi connectivity index (χ0v) is 17.9. The van der Waals surface area contributed by atoms with Crippen LogP contribution in [0.15, 0.2) is 24.3 Å². The van der Waals surface area contributed by atoms with Crippen LogP contribution in [0.2, 0.25) is 0 Å². The van der Waals surface area contributed by atoms with Gasteiger partial charge in [-0.05, 0) is 56.2 Å². The zero-order valence-electron chi connectivity index (χ0n) is 17.9. The quantitative estimate of drug-likeness (QED) is 0.810. The summed E-state index contributed by atoms with van der Waals surface area (Å²) in [6, 6.07) is 8.62. The maximum absolute atomic E-state index is 13.0. The van der Waals surface area contributed by atoms with Gasteiger partial charge in [-0.25, -0.2) is 9.67 Å². The van der Waals surface area contributed by atoms with Gasteiger partial charge in [-0.15, -0.1) is 0 Å². The molecule has 5 atom stereocenters. The monoisotopic (exact) mass is 396 g/mol. The Morgan fingerprint density at radius 1 is 1.21 bits per heavy atom. The van der Waals surface area contributed by atoms with Crippen molar-refractivity contribution in [2.24, 2.45) is 17.8 Å². The number of ether oxygens (including phenoxy) is 1. The Kier molecular flexibility index (Phi) is 5.61. The number of aromatic nitrogens is 3. The number of aryl methyl sites for hydroxylation is 2. The van der Waals surface area contributed by atoms with Gasteiger partial charge in [-0.3, -0.25) is 4.79 Å². The number of hydrogen-bond donors (Lipinski definition) is 1. The van der Waals surface area contributed by atoms with E-state index in [4.69, 9.17) is 4.74 Å². The van der Waals surface area contributed by atoms with Crippen molar-refractivity contribution in [3.8, 4) is 5.75 Å². The molecule has 29 heavy (non-hydrogen) atoms. The molecule has 1 heterocycles. The Labute approximate surface area is 173 Å². The summed E-state index contributed by atoms with van der Waals surface area (Å²) < 4.78 is 7.15. The lowest BCUT2D eigenvalue weighted by molar-refractivity contribution is -0.128. The fourth-order valence-electron chi connectivity index (χ4n) is 5.33. The Bertz CT molecular complexity index is 860. The van der Waals surface area contributed by atoms with Crippen molar-refractivity contribution in [2.75, 3.05) is 7.11 Å². The first kappa shape index (κ1) is 19.9. The van der Waals surface area contributed by atoms with Crippen LogP contribution in [0.25, 0.3) is 0 Å². The van der Waals surface area contributed by atoms with E-state index < -0.39 is 0 Å². The minimum absolute atomic E-state index is 0.116. The molecule has 0 bridgehead atoms. The third kappa shape index (κ3) is 3.89. The highest BCUT2D eigenvalue weighted by Crippen LogP contribution is 2.54. The standard InChI is InChI=1S/C23H32N4O2/c1-14(13-27-16(3)24-15(2)26-27)23(28)25-22-20-8-6-5-7-19(20)21(22)17-9-11-18(29-4)12-10-17/h9-12,14,19-22H,5-8,13H2,1-4H3,(H,25,28)/t14-,19+,20-,21-,22-/m0/s1. The van der Waals surface area contributed by atoms with E-state index in [0.29, 0.717) is 24.3 Å². The first-order valence-corrected chi connectivity index (χ1v) is 10.8. The van der Waals surface area contributed by atoms with Crippen LogP contribution >= 0.6 is 0 Å². The van der Waals surface area contributed by atoms with Crippen molar-refractivity contribution in [1.82, 2.24) is 20.1 Å². The van der Waals surface area contributed by atoms with Crippen LogP contribution in [0.5, 0.6) is 5.75 Å². The minimum atomic E-state index is -0.144. The number of carbonyl (C=O) groups excluding carboxylic acids is 1. The number of hydrogen-bond acceptors (Lipinski definition) is 4. The summed E-state index contributed by atoms with van der Waals surface area (Å²) >= 11 is 0. The van der Waals surface area contributed by atoms with Crippen molar-refractivity contribution in [3.05, 3.63) is 41.5 Å². The van der Waals surface area contributed by atoms with Crippen molar-refractivity contribution in [3.63, 3.8) is 0 Å². The maximum Gasteiger partial charge on any atom is 0.224 e. The van der Waals surface area contributed by atoms with Gasteiger partial charge in [0.05, 0.1) is 19.6 Å². The van der Waals surface area contributed by atoms with Gasteiger partial charge in [0, 0.05) is 12.0 Å². The number of nitrogens with zero attached hydrogens (tertiary/aromatic N) is 3. The van der Waals surface area contributed by atoms with Gasteiger partial charge in [0.25, 0.3) is 0 Å². The summed E-state index contributed by atoms with van der Waals surface area (Å²) in [5.74, 6) is 4.13. The molecule has 1 N–H and O–H groups in total. The highest BCUT2D eigenvalue weighted by molar-refractivity contribution is 5.79. The SMILES string of the molecule is COc1ccc([C@H]2[C@@H]3CCCC[C@@H]3[C@@H]2NC(=O)[C@@H](C)Cn2nc(C)nc2C)cc1. The van der Waals surface area contributed by atoms with Crippen molar-refractivity contribution in [1.29, 1.82) is 0 Å². The fraction of sp³-hybridized carbons (Fsp3) is 0.609. The Morgan fingerprint density at radius 2 is 1.90 bits per heavy atom. The van der Waals surface area contributed by atoms with Crippen molar-refractivity contribution in [2.45, 2.75) is 65.0 Å². The lowest BCUT2D eigenvalue weighted by atomic mass is 9.53. The summed E-state index contributed by atoms with van der Waals surface area (Å²) in [6.45, 7) is 6.35. The highest BCUT2D eigenvalue weighted by Gasteiger charge is 2.51. The Balaban J connectivity index is 1.47. The second-order valence-corrected chi connectivity index (χ2v) is 8.73. The summed E-state index contributed by atoms with van der Waals surface area (Å²) in [5.41, 5.74) is 1.31. The molecule has 2 saturated carbocycles. The van der Waals surface area contributed by atoms with E-state index in [1.54, 1.807) is 7.11 Å². The largest absolute Gasteiger partial charge is 0.497 e. The zero-order chi connectivity index (χ0) is 20.5. The molecule has 156 valence electrons. The number of fused-ring (bicyclic) bond motifs is 1. The maximum atomic E-state index is 13.0. The predicted molar refractivity (Wildman–Crippen MR) is 112 cm³/mol. The lowest BCUT2D eigenvalue weighted by Gasteiger charge is -2.55. The molecule has 0 radical (unpaired) electrons. The van der Waals surface area contributed by atoms with Crippen molar-refractivity contribution >= 4 is 5.91 Å². The minimum Gasteiger partial charge on any atom is -0.497 e. The molecule has 0 spiro atoms. The van der Waals surface area contributed by atoms with Crippen LogP contribution in [0.3, 0.4) is 0 Å². The number of rotatable bonds is 6. The van der Waals surface area contributed by atoms with Crippen LogP contribution in [-0.2, 0) is 11.3 Å². The van der Waals surface area contributed by atoms with Crippen LogP contribution in [-0.4, -0.2) is 33.8 Å². The highest BCUT2D eigenvalue weighted by atomic mass is 16.5. The van der Waals surface area contributed by atoms with Gasteiger partial charge in [0.15, 0.2) is 0 Å². The molecular formula is C23H32N4O2. The second kappa shape index (κ2) is 8.17. The van der Waals surface area contributed by atoms with Crippen molar-refractivity contribution < 1.29 is 9.53 Å². The third-order valence-electron chi connectivity index (χ3n) is 6.85. The fourth-order valence-corrected chi connectivity index (χ4v) is 5.33. The summed E-state index contributed by atoms with van der Waals surface area (Å²) in [6.07, 6.45) is 5.06. The van der Waals surface area contributed by atoms with Gasteiger partial charge >= 0.3 is 0 Å². The van der Waals surface area contributed by atoms with E-state index in [1.807, 2.05) is 37.6 Å². The van der Waals surface area contributed by atoms with Gasteiger partial charge in [0.1, 0.15) is 17.4 Å². The van der Waals surface area contributed by atoms with E-state index in [-0.39, 0.29) is 17.9 Å². The van der Waals surface area contributed by atoms with E-state index in [9.17, 15) is 4.79 Å². The van der Waals surface area contributed by atoms with Gasteiger partial charge < -0.3 is 10.1 Å². The average Bonchev–Trinajstić information content (AvgIpc) is 3.03. The smallest absolute Gasteiger partial charge is 0.224 e. The topological polar surface area (TPSA) is 69.0 Å². The number of nitrogens with one attached hydrogen (secondary N) is 1. The number of amides is 1. The van der Waals surface area contributed by atoms with E-state index in [2.05, 4.69) is 27.5 Å². The normalized spacial score (nSPS) is 26.9. The van der Waals surface area contributed by atoms with Gasteiger partial charge in [-0.1, -0.05) is 31.9 Å². The molecule has 4 rings (SSSR count). The van der Waals surface area contributed by atoms with E-state index >= 15 is 0 Å². The van der Waals surface area contributed by atoms with Gasteiger partial charge in [-0.2, -0.15) is 5.10 Å². The molecule has 6 nitrogen and oxygen atoms in total. The van der Waals surface area contributed by atoms with Crippen LogP contribution in [0, 0.1) is 31.6 Å². The molecule has 2 aromatic rings. The number of benzene rings is 1. The molecule has 2 aliphatic rings. The number of carbonyl (C=O) groups is 1. The van der Waals surface area contributed by atoms with E-state index in [0.717, 1.165) is 17.4 Å². The average molecular weight is 397 g/mol. The molecule has 6 heteroatoms. The molecule has 0 saturated heterocycles. The summed E-state index contributed by atoms with van der Waals surface area (Å²) in [5, 5.41) is 7.81.